The van der Waals surface area contributed by atoms with Crippen molar-refractivity contribution in [3.8, 4) is 0 Å². The van der Waals surface area contributed by atoms with E-state index in [9.17, 15) is 9.13 Å². The highest BCUT2D eigenvalue weighted by Gasteiger charge is 2.31. The first-order valence-electron chi connectivity index (χ1n) is 1.13. The Morgan fingerprint density at radius 3 is 1.38 bits per heavy atom. The summed E-state index contributed by atoms with van der Waals surface area (Å²) in [6, 6.07) is 0. The van der Waals surface area contributed by atoms with Gasteiger partial charge in [0.05, 0.1) is 0 Å². The summed E-state index contributed by atoms with van der Waals surface area (Å²) in [6.07, 6.45) is 0. The predicted molar refractivity (Wildman–Crippen MR) is 24.3 cm³/mol. The Bertz CT molecular complexity index is 82.7. The summed E-state index contributed by atoms with van der Waals surface area (Å²) >= 11 is 0. The van der Waals surface area contributed by atoms with Crippen LogP contribution in [-0.2, 0) is 13.4 Å². The van der Waals surface area contributed by atoms with Crippen molar-refractivity contribution in [2.45, 2.75) is 0 Å². The molecule has 0 spiro atoms. The molecule has 8 heteroatoms. The molecule has 8 heavy (non-hydrogen) atoms. The van der Waals surface area contributed by atoms with Crippen LogP contribution >= 0.6 is 16.5 Å². The minimum Gasteiger partial charge on any atom is -0.412 e. The summed E-state index contributed by atoms with van der Waals surface area (Å²) in [7, 11) is -5.85. The lowest BCUT2D eigenvalue weighted by Gasteiger charge is -1.50. The third-order valence-corrected chi connectivity index (χ3v) is 1.26. The molecule has 0 aliphatic carbocycles. The fourth-order valence-corrected chi connectivity index (χ4v) is 0.538. The van der Waals surface area contributed by atoms with Crippen molar-refractivity contribution in [3.05, 3.63) is 0 Å². The molecule has 0 aromatic carbocycles. The molecule has 0 fully saturated rings. The summed E-state index contributed by atoms with van der Waals surface area (Å²) < 4.78 is 22.2. The van der Waals surface area contributed by atoms with Crippen molar-refractivity contribution in [2.75, 3.05) is 0 Å². The molecule has 0 amide bonds. The Hall–Kier alpha value is 0.0400. The Kier molecular flexibility index (Phi) is 7.08. The van der Waals surface area contributed by atoms with Crippen LogP contribution in [0.5, 0.6) is 0 Å². The van der Waals surface area contributed by atoms with Gasteiger partial charge in [0.2, 0.25) is 0 Å². The average molecular weight is 162 g/mol. The smallest absolute Gasteiger partial charge is 0.412 e. The molecule has 0 aliphatic rings. The molecule has 0 saturated carbocycles. The zero-order valence-corrected chi connectivity index (χ0v) is 5.30. The normalized spacial score (nSPS) is 11.8. The number of rotatable bonds is 2. The standard InChI is InChI=1S/O5P2.H2O/c1-6(2)5-7(3)4;/h;1H2/p+2. The van der Waals surface area contributed by atoms with E-state index in [4.69, 9.17) is 9.79 Å². The van der Waals surface area contributed by atoms with Crippen molar-refractivity contribution in [1.82, 2.24) is 0 Å². The van der Waals surface area contributed by atoms with Gasteiger partial charge in [0.15, 0.2) is 4.31 Å². The van der Waals surface area contributed by atoms with E-state index in [-0.39, 0.29) is 5.48 Å². The highest BCUT2D eigenvalue weighted by Crippen LogP contribution is 2.30. The SMILES string of the molecule is O.O=[P+](O)O[P+](=O)O. The lowest BCUT2D eigenvalue weighted by Crippen LogP contribution is -1.58. The van der Waals surface area contributed by atoms with Gasteiger partial charge in [0, 0.05) is 9.13 Å². The highest BCUT2D eigenvalue weighted by molar-refractivity contribution is 7.46. The second-order valence-corrected chi connectivity index (χ2v) is 2.16. The molecule has 2 unspecified atom stereocenters. The van der Waals surface area contributed by atoms with Crippen LogP contribution in [0.25, 0.3) is 0 Å². The summed E-state index contributed by atoms with van der Waals surface area (Å²) in [5.74, 6) is 0. The molecule has 0 rings (SSSR count). The lowest BCUT2D eigenvalue weighted by atomic mass is 15.8. The van der Waals surface area contributed by atoms with Gasteiger partial charge in [-0.25, -0.2) is 0 Å². The second-order valence-electron chi connectivity index (χ2n) is 0.557. The lowest BCUT2D eigenvalue weighted by molar-refractivity contribution is 0.371. The van der Waals surface area contributed by atoms with Crippen LogP contribution in [0.15, 0.2) is 0 Å². The molecule has 6 nitrogen and oxygen atoms in total. The van der Waals surface area contributed by atoms with Crippen molar-refractivity contribution in [1.29, 1.82) is 0 Å². The molecule has 0 bridgehead atoms. The van der Waals surface area contributed by atoms with Gasteiger partial charge in [-0.2, -0.15) is 0 Å². The van der Waals surface area contributed by atoms with Crippen LogP contribution in [0.4, 0.5) is 0 Å². The van der Waals surface area contributed by atoms with Crippen molar-refractivity contribution < 1.29 is 28.7 Å². The van der Waals surface area contributed by atoms with Crippen LogP contribution in [0, 0.1) is 0 Å². The molecule has 4 N–H and O–H groups in total. The maximum Gasteiger partial charge on any atom is 0.745 e. The van der Waals surface area contributed by atoms with Crippen LogP contribution < -0.4 is 0 Å². The van der Waals surface area contributed by atoms with Crippen LogP contribution in [0.1, 0.15) is 0 Å². The quantitative estimate of drug-likeness (QED) is 0.529. The third-order valence-electron chi connectivity index (χ3n) is 0.140. The molecule has 0 heterocycles. The Morgan fingerprint density at radius 2 is 1.38 bits per heavy atom. The molecule has 0 aromatic rings. The molecular weight excluding hydrogens is 158 g/mol. The fraction of sp³-hybridized carbons (Fsp3) is 0. The zero-order valence-electron chi connectivity index (χ0n) is 3.51. The van der Waals surface area contributed by atoms with Gasteiger partial charge in [0.25, 0.3) is 0 Å². The second kappa shape index (κ2) is 5.18. The van der Waals surface area contributed by atoms with E-state index in [1.54, 1.807) is 0 Å². The molecule has 2 atom stereocenters. The fourth-order valence-electron chi connectivity index (χ4n) is 0.0598. The molecule has 0 aromatic heterocycles. The van der Waals surface area contributed by atoms with Crippen molar-refractivity contribution in [3.63, 3.8) is 0 Å². The Balaban J connectivity index is 0. The first kappa shape index (κ1) is 10.9. The first-order valence-corrected chi connectivity index (χ1v) is 3.39. The van der Waals surface area contributed by atoms with Crippen LogP contribution in [-0.4, -0.2) is 15.3 Å². The van der Waals surface area contributed by atoms with E-state index >= 15 is 0 Å². The summed E-state index contributed by atoms with van der Waals surface area (Å²) in [5, 5.41) is 0. The van der Waals surface area contributed by atoms with E-state index in [1.807, 2.05) is 0 Å². The molecule has 48 valence electrons. The first-order chi connectivity index (χ1) is 3.13. The van der Waals surface area contributed by atoms with E-state index in [0.717, 1.165) is 0 Å². The largest absolute Gasteiger partial charge is 0.745 e. The van der Waals surface area contributed by atoms with Crippen molar-refractivity contribution in [2.24, 2.45) is 0 Å². The maximum absolute atomic E-state index is 9.39. The van der Waals surface area contributed by atoms with Gasteiger partial charge in [-0.1, -0.05) is 0 Å². The van der Waals surface area contributed by atoms with E-state index in [1.165, 1.54) is 0 Å². The summed E-state index contributed by atoms with van der Waals surface area (Å²) in [5.41, 5.74) is 0. The van der Waals surface area contributed by atoms with Gasteiger partial charge >= 0.3 is 16.5 Å². The molecule has 0 aliphatic heterocycles. The molecular formula is H4O6P2+2. The van der Waals surface area contributed by atoms with Gasteiger partial charge in [-0.15, -0.1) is 9.79 Å². The van der Waals surface area contributed by atoms with Gasteiger partial charge in [0.1, 0.15) is 0 Å². The minimum atomic E-state index is -2.92. The topological polar surface area (TPSA) is 115 Å². The van der Waals surface area contributed by atoms with E-state index < -0.39 is 16.5 Å². The number of hydrogen-bond acceptors (Lipinski definition) is 3. The van der Waals surface area contributed by atoms with E-state index in [0.29, 0.717) is 0 Å². The maximum atomic E-state index is 9.39. The van der Waals surface area contributed by atoms with Crippen LogP contribution in [0.2, 0.25) is 0 Å². The van der Waals surface area contributed by atoms with Gasteiger partial charge < -0.3 is 5.48 Å². The summed E-state index contributed by atoms with van der Waals surface area (Å²) in [6.45, 7) is 0. The molecule has 0 saturated heterocycles. The Labute approximate surface area is 46.3 Å². The number of hydrogen-bond donors (Lipinski definition) is 2. The van der Waals surface area contributed by atoms with Crippen molar-refractivity contribution >= 4 is 16.5 Å². The highest BCUT2D eigenvalue weighted by atomic mass is 31.2. The monoisotopic (exact) mass is 162 g/mol. The predicted octanol–water partition coefficient (Wildman–Crippen LogP) is -0.522. The van der Waals surface area contributed by atoms with Gasteiger partial charge in [-0.3, -0.25) is 0 Å². The third kappa shape index (κ3) is 9.40. The minimum absolute atomic E-state index is 0. The van der Waals surface area contributed by atoms with Crippen LogP contribution in [0.3, 0.4) is 0 Å². The Morgan fingerprint density at radius 1 is 1.12 bits per heavy atom. The average Bonchev–Trinajstić information content (AvgIpc) is 1.27. The summed E-state index contributed by atoms with van der Waals surface area (Å²) in [4.78, 5) is 15.3. The molecule has 0 radical (unpaired) electrons. The van der Waals surface area contributed by atoms with Gasteiger partial charge in [-0.05, 0) is 0 Å². The van der Waals surface area contributed by atoms with E-state index in [2.05, 4.69) is 4.31 Å². The zero-order chi connectivity index (χ0) is 5.86.